The number of aromatic nitrogens is 1. The summed E-state index contributed by atoms with van der Waals surface area (Å²) >= 11 is 0. The number of nitrogens with one attached hydrogen (secondary N) is 2. The number of nitrogens with zero attached hydrogens (tertiary/aromatic N) is 1. The van der Waals surface area contributed by atoms with Gasteiger partial charge in [0, 0.05) is 43.0 Å². The van der Waals surface area contributed by atoms with Crippen molar-refractivity contribution in [1.82, 2.24) is 9.88 Å². The van der Waals surface area contributed by atoms with Crippen molar-refractivity contribution in [3.8, 4) is 0 Å². The van der Waals surface area contributed by atoms with Crippen LogP contribution in [0.3, 0.4) is 0 Å². The molecule has 4 heteroatoms. The van der Waals surface area contributed by atoms with Crippen molar-refractivity contribution < 1.29 is 4.79 Å². The monoisotopic (exact) mass is 283 g/mol. The molecule has 1 aromatic carbocycles. The van der Waals surface area contributed by atoms with E-state index in [9.17, 15) is 4.79 Å². The van der Waals surface area contributed by atoms with Crippen molar-refractivity contribution in [2.45, 2.75) is 25.8 Å². The maximum Gasteiger partial charge on any atom is 0.220 e. The molecule has 1 amide bonds. The van der Waals surface area contributed by atoms with Crippen molar-refractivity contribution >= 4 is 11.6 Å². The van der Waals surface area contributed by atoms with Gasteiger partial charge in [-0.25, -0.2) is 0 Å². The summed E-state index contributed by atoms with van der Waals surface area (Å²) in [4.78, 5) is 12.2. The van der Waals surface area contributed by atoms with Gasteiger partial charge < -0.3 is 15.2 Å². The molecule has 0 saturated carbocycles. The molecule has 0 saturated heterocycles. The first-order valence-electron chi connectivity index (χ1n) is 7.36. The lowest BCUT2D eigenvalue weighted by molar-refractivity contribution is -0.121. The molecule has 21 heavy (non-hydrogen) atoms. The topological polar surface area (TPSA) is 46.1 Å². The zero-order valence-corrected chi connectivity index (χ0v) is 12.5. The summed E-state index contributed by atoms with van der Waals surface area (Å²) in [5.74, 6) is 0.383. The predicted octanol–water partition coefficient (Wildman–Crippen LogP) is 2.55. The summed E-state index contributed by atoms with van der Waals surface area (Å²) in [5, 5.41) is 6.38. The molecule has 1 aliphatic rings. The van der Waals surface area contributed by atoms with E-state index >= 15 is 0 Å². The highest BCUT2D eigenvalue weighted by Crippen LogP contribution is 2.32. The molecule has 4 nitrogen and oxygen atoms in total. The van der Waals surface area contributed by atoms with Crippen molar-refractivity contribution in [2.24, 2.45) is 7.05 Å². The van der Waals surface area contributed by atoms with Gasteiger partial charge in [0.2, 0.25) is 5.91 Å². The normalized spacial score (nSPS) is 16.4. The highest BCUT2D eigenvalue weighted by atomic mass is 16.1. The van der Waals surface area contributed by atoms with Gasteiger partial charge in [-0.1, -0.05) is 18.2 Å². The molecule has 0 aliphatic carbocycles. The second kappa shape index (κ2) is 5.64. The van der Waals surface area contributed by atoms with E-state index in [1.54, 1.807) is 0 Å². The number of anilines is 1. The molecule has 2 heterocycles. The average molecular weight is 283 g/mol. The van der Waals surface area contributed by atoms with Crippen LogP contribution in [0.25, 0.3) is 0 Å². The first-order valence-corrected chi connectivity index (χ1v) is 7.36. The second-order valence-corrected chi connectivity index (χ2v) is 5.67. The fourth-order valence-corrected chi connectivity index (χ4v) is 2.87. The molecule has 110 valence electrons. The Morgan fingerprint density at radius 2 is 2.14 bits per heavy atom. The highest BCUT2D eigenvalue weighted by Gasteiger charge is 2.23. The molecule has 1 atom stereocenters. The lowest BCUT2D eigenvalue weighted by Crippen LogP contribution is -2.26. The number of hydrogen-bond donors (Lipinski definition) is 2. The molecule has 0 fully saturated rings. The van der Waals surface area contributed by atoms with Crippen LogP contribution in [0.15, 0.2) is 36.4 Å². The molecule has 3 rings (SSSR count). The second-order valence-electron chi connectivity index (χ2n) is 5.67. The lowest BCUT2D eigenvalue weighted by Gasteiger charge is -2.11. The van der Waals surface area contributed by atoms with Crippen molar-refractivity contribution in [3.05, 3.63) is 53.3 Å². The van der Waals surface area contributed by atoms with E-state index in [4.69, 9.17) is 0 Å². The summed E-state index contributed by atoms with van der Waals surface area (Å²) in [6.07, 6.45) is 0.535. The van der Waals surface area contributed by atoms with E-state index in [2.05, 4.69) is 46.4 Å². The maximum atomic E-state index is 12.2. The zero-order valence-electron chi connectivity index (χ0n) is 12.5. The smallest absolute Gasteiger partial charge is 0.220 e. The third-order valence-electron chi connectivity index (χ3n) is 4.31. The van der Waals surface area contributed by atoms with E-state index in [1.165, 1.54) is 11.3 Å². The molecule has 0 radical (unpaired) electrons. The highest BCUT2D eigenvalue weighted by molar-refractivity contribution is 5.78. The lowest BCUT2D eigenvalue weighted by atomic mass is 9.97. The molecule has 0 bridgehead atoms. The number of aryl methyl sites for hydroxylation is 1. The largest absolute Gasteiger partial charge is 0.384 e. The van der Waals surface area contributed by atoms with Crippen LogP contribution < -0.4 is 10.6 Å². The van der Waals surface area contributed by atoms with Crippen LogP contribution in [-0.4, -0.2) is 17.0 Å². The van der Waals surface area contributed by atoms with Crippen molar-refractivity contribution in [3.63, 3.8) is 0 Å². The quantitative estimate of drug-likeness (QED) is 0.906. The fraction of sp³-hybridized carbons (Fsp3) is 0.353. The molecule has 1 aromatic heterocycles. The molecular weight excluding hydrogens is 262 g/mol. The Balaban J connectivity index is 1.57. The third-order valence-corrected chi connectivity index (χ3v) is 4.31. The summed E-state index contributed by atoms with van der Waals surface area (Å²) in [7, 11) is 2.02. The summed E-state index contributed by atoms with van der Waals surface area (Å²) in [6.45, 7) is 3.49. The Labute approximate surface area is 125 Å². The van der Waals surface area contributed by atoms with Crippen LogP contribution in [0.5, 0.6) is 0 Å². The number of fused-ring (bicyclic) bond motifs is 1. The van der Waals surface area contributed by atoms with Crippen LogP contribution in [-0.2, 0) is 18.4 Å². The minimum Gasteiger partial charge on any atom is -0.384 e. The van der Waals surface area contributed by atoms with E-state index in [0.717, 1.165) is 17.9 Å². The Morgan fingerprint density at radius 1 is 1.33 bits per heavy atom. The van der Waals surface area contributed by atoms with Gasteiger partial charge in [-0.15, -0.1) is 0 Å². The van der Waals surface area contributed by atoms with Gasteiger partial charge in [0.1, 0.15) is 0 Å². The molecule has 2 aromatic rings. The van der Waals surface area contributed by atoms with Gasteiger partial charge in [-0.3, -0.25) is 4.79 Å². The minimum absolute atomic E-state index is 0.109. The SMILES string of the molecule is Cc1ccc(CNC(=O)CC2CNc3ccccc32)n1C. The average Bonchev–Trinajstić information content (AvgIpc) is 3.03. The first-order chi connectivity index (χ1) is 10.1. The Kier molecular flexibility index (Phi) is 3.69. The summed E-state index contributed by atoms with van der Waals surface area (Å²) in [6, 6.07) is 12.4. The van der Waals surface area contributed by atoms with Gasteiger partial charge >= 0.3 is 0 Å². The van der Waals surface area contributed by atoms with Gasteiger partial charge in [-0.2, -0.15) is 0 Å². The third kappa shape index (κ3) is 2.79. The molecule has 2 N–H and O–H groups in total. The first kappa shape index (κ1) is 13.7. The minimum atomic E-state index is 0.109. The molecule has 1 aliphatic heterocycles. The Bertz CT molecular complexity index is 660. The standard InChI is InChI=1S/C17H21N3O/c1-12-7-8-14(20(12)2)11-19-17(21)9-13-10-18-16-6-4-3-5-15(13)16/h3-8,13,18H,9-11H2,1-2H3,(H,19,21). The number of benzene rings is 1. The number of para-hydroxylation sites is 1. The maximum absolute atomic E-state index is 12.2. The van der Waals surface area contributed by atoms with E-state index in [-0.39, 0.29) is 11.8 Å². The Hall–Kier alpha value is -2.23. The predicted molar refractivity (Wildman–Crippen MR) is 84.3 cm³/mol. The van der Waals surface area contributed by atoms with Gasteiger partial charge in [0.05, 0.1) is 6.54 Å². The van der Waals surface area contributed by atoms with E-state index < -0.39 is 0 Å². The van der Waals surface area contributed by atoms with Gasteiger partial charge in [0.25, 0.3) is 0 Å². The fourth-order valence-electron chi connectivity index (χ4n) is 2.87. The van der Waals surface area contributed by atoms with Crippen LogP contribution >= 0.6 is 0 Å². The van der Waals surface area contributed by atoms with Crippen molar-refractivity contribution in [2.75, 3.05) is 11.9 Å². The number of amides is 1. The van der Waals surface area contributed by atoms with E-state index in [1.807, 2.05) is 19.2 Å². The zero-order chi connectivity index (χ0) is 14.8. The van der Waals surface area contributed by atoms with Gasteiger partial charge in [-0.05, 0) is 30.7 Å². The van der Waals surface area contributed by atoms with Crippen LogP contribution in [0.4, 0.5) is 5.69 Å². The molecular formula is C17H21N3O. The van der Waals surface area contributed by atoms with Crippen molar-refractivity contribution in [1.29, 1.82) is 0 Å². The number of carbonyl (C=O) groups is 1. The van der Waals surface area contributed by atoms with Crippen LogP contribution in [0.1, 0.15) is 29.3 Å². The molecule has 1 unspecified atom stereocenters. The Morgan fingerprint density at radius 3 is 2.90 bits per heavy atom. The summed E-state index contributed by atoms with van der Waals surface area (Å²) < 4.78 is 2.10. The summed E-state index contributed by atoms with van der Waals surface area (Å²) in [5.41, 5.74) is 4.75. The molecule has 0 spiro atoms. The van der Waals surface area contributed by atoms with Crippen LogP contribution in [0, 0.1) is 6.92 Å². The number of rotatable bonds is 4. The van der Waals surface area contributed by atoms with Gasteiger partial charge in [0.15, 0.2) is 0 Å². The number of carbonyl (C=O) groups excluding carboxylic acids is 1. The number of hydrogen-bond acceptors (Lipinski definition) is 2. The van der Waals surface area contributed by atoms with Crippen LogP contribution in [0.2, 0.25) is 0 Å². The van der Waals surface area contributed by atoms with E-state index in [0.29, 0.717) is 13.0 Å².